The lowest BCUT2D eigenvalue weighted by Gasteiger charge is -2.05. The van der Waals surface area contributed by atoms with E-state index >= 15 is 0 Å². The molecule has 4 N–H and O–H groups in total. The van der Waals surface area contributed by atoms with E-state index in [0.29, 0.717) is 11.7 Å². The molecule has 110 valence electrons. The Morgan fingerprint density at radius 3 is 2.81 bits per heavy atom. The van der Waals surface area contributed by atoms with Crippen LogP contribution in [0.1, 0.15) is 5.56 Å². The van der Waals surface area contributed by atoms with Crippen LogP contribution in [0, 0.1) is 0 Å². The standard InChI is InChI=1S/C14H16N4O2S/c15-11-8-12(19)18-14(17-11)21-9-13(20)16-7-6-10-4-2-1-3-5-10/h1-5,8H,6-7,9H2,(H,16,20)(H3,15,17,18,19). The van der Waals surface area contributed by atoms with Crippen LogP contribution in [-0.2, 0) is 11.2 Å². The summed E-state index contributed by atoms with van der Waals surface area (Å²) in [5, 5.41) is 3.17. The number of aromatic nitrogens is 2. The summed E-state index contributed by atoms with van der Waals surface area (Å²) in [6.07, 6.45) is 0.782. The normalized spacial score (nSPS) is 10.3. The molecule has 0 atom stereocenters. The highest BCUT2D eigenvalue weighted by Gasteiger charge is 2.05. The highest BCUT2D eigenvalue weighted by atomic mass is 32.2. The van der Waals surface area contributed by atoms with Gasteiger partial charge in [0.15, 0.2) is 5.16 Å². The molecule has 2 aromatic rings. The maximum Gasteiger partial charge on any atom is 0.253 e. The van der Waals surface area contributed by atoms with Gasteiger partial charge < -0.3 is 16.0 Å². The molecule has 6 nitrogen and oxygen atoms in total. The molecule has 0 saturated carbocycles. The molecule has 1 aromatic carbocycles. The molecule has 0 aliphatic heterocycles. The number of hydrogen-bond acceptors (Lipinski definition) is 5. The number of anilines is 1. The molecule has 1 heterocycles. The van der Waals surface area contributed by atoms with Gasteiger partial charge in [-0.15, -0.1) is 0 Å². The Kier molecular flexibility index (Phi) is 5.39. The van der Waals surface area contributed by atoms with Crippen molar-refractivity contribution in [1.29, 1.82) is 0 Å². The molecule has 2 rings (SSSR count). The van der Waals surface area contributed by atoms with E-state index in [1.54, 1.807) is 0 Å². The van der Waals surface area contributed by atoms with Crippen LogP contribution >= 0.6 is 11.8 Å². The van der Waals surface area contributed by atoms with Gasteiger partial charge in [0, 0.05) is 12.6 Å². The Balaban J connectivity index is 1.73. The zero-order valence-electron chi connectivity index (χ0n) is 11.3. The predicted molar refractivity (Wildman–Crippen MR) is 83.1 cm³/mol. The third-order valence-corrected chi connectivity index (χ3v) is 3.53. The highest BCUT2D eigenvalue weighted by molar-refractivity contribution is 7.99. The molecule has 7 heteroatoms. The number of carbonyl (C=O) groups excluding carboxylic acids is 1. The van der Waals surface area contributed by atoms with Crippen molar-refractivity contribution in [3.63, 3.8) is 0 Å². The lowest BCUT2D eigenvalue weighted by atomic mass is 10.1. The summed E-state index contributed by atoms with van der Waals surface area (Å²) in [5.41, 5.74) is 6.31. The largest absolute Gasteiger partial charge is 0.383 e. The summed E-state index contributed by atoms with van der Waals surface area (Å²) in [6.45, 7) is 0.574. The van der Waals surface area contributed by atoms with E-state index < -0.39 is 0 Å². The van der Waals surface area contributed by atoms with E-state index in [9.17, 15) is 9.59 Å². The highest BCUT2D eigenvalue weighted by Crippen LogP contribution is 2.11. The molecule has 0 spiro atoms. The van der Waals surface area contributed by atoms with Crippen LogP contribution in [0.3, 0.4) is 0 Å². The van der Waals surface area contributed by atoms with E-state index in [2.05, 4.69) is 15.3 Å². The van der Waals surface area contributed by atoms with Gasteiger partial charge in [0.25, 0.3) is 5.56 Å². The summed E-state index contributed by atoms with van der Waals surface area (Å²) < 4.78 is 0. The Morgan fingerprint density at radius 1 is 1.33 bits per heavy atom. The topological polar surface area (TPSA) is 101 Å². The van der Waals surface area contributed by atoms with Crippen molar-refractivity contribution >= 4 is 23.5 Å². The first-order valence-electron chi connectivity index (χ1n) is 6.44. The first-order chi connectivity index (χ1) is 10.1. The number of nitrogen functional groups attached to an aromatic ring is 1. The third-order valence-electron chi connectivity index (χ3n) is 2.66. The zero-order chi connectivity index (χ0) is 15.1. The summed E-state index contributed by atoms with van der Waals surface area (Å²) in [5.74, 6) is 0.216. The van der Waals surface area contributed by atoms with Gasteiger partial charge in [-0.05, 0) is 12.0 Å². The number of nitrogens with one attached hydrogen (secondary N) is 2. The van der Waals surface area contributed by atoms with Crippen molar-refractivity contribution in [2.45, 2.75) is 11.6 Å². The molecule has 21 heavy (non-hydrogen) atoms. The van der Waals surface area contributed by atoms with Crippen molar-refractivity contribution in [2.24, 2.45) is 0 Å². The molecule has 0 unspecified atom stereocenters. The molecule has 1 aromatic heterocycles. The summed E-state index contributed by atoms with van der Waals surface area (Å²) in [7, 11) is 0. The summed E-state index contributed by atoms with van der Waals surface area (Å²) in [4.78, 5) is 29.3. The van der Waals surface area contributed by atoms with Crippen molar-refractivity contribution in [2.75, 3.05) is 18.0 Å². The van der Waals surface area contributed by atoms with Crippen LogP contribution in [0.15, 0.2) is 46.3 Å². The van der Waals surface area contributed by atoms with Gasteiger partial charge in [-0.2, -0.15) is 0 Å². The second-order valence-electron chi connectivity index (χ2n) is 4.35. The van der Waals surface area contributed by atoms with Crippen molar-refractivity contribution < 1.29 is 4.79 Å². The second-order valence-corrected chi connectivity index (χ2v) is 5.31. The number of nitrogens with two attached hydrogens (primary N) is 1. The first-order valence-corrected chi connectivity index (χ1v) is 7.42. The SMILES string of the molecule is Nc1cc(=O)[nH]c(SCC(=O)NCCc2ccccc2)n1. The number of H-pyrrole nitrogens is 1. The molecule has 0 aliphatic rings. The van der Waals surface area contributed by atoms with Crippen molar-refractivity contribution in [1.82, 2.24) is 15.3 Å². The minimum atomic E-state index is -0.325. The van der Waals surface area contributed by atoms with E-state index in [0.717, 1.165) is 18.2 Å². The van der Waals surface area contributed by atoms with Gasteiger partial charge in [-0.25, -0.2) is 4.98 Å². The van der Waals surface area contributed by atoms with Gasteiger partial charge in [0.1, 0.15) is 5.82 Å². The maximum atomic E-state index is 11.7. The number of carbonyl (C=O) groups is 1. The minimum Gasteiger partial charge on any atom is -0.383 e. The number of aromatic amines is 1. The Hall–Kier alpha value is -2.28. The van der Waals surface area contributed by atoms with Crippen LogP contribution in [0.4, 0.5) is 5.82 Å². The number of nitrogens with zero attached hydrogens (tertiary/aromatic N) is 1. The first kappa shape index (κ1) is 15.1. The monoisotopic (exact) mass is 304 g/mol. The number of amides is 1. The van der Waals surface area contributed by atoms with Crippen LogP contribution in [-0.4, -0.2) is 28.2 Å². The van der Waals surface area contributed by atoms with Gasteiger partial charge in [-0.1, -0.05) is 42.1 Å². The number of thioether (sulfide) groups is 1. The smallest absolute Gasteiger partial charge is 0.253 e. The molecular formula is C14H16N4O2S. The average Bonchev–Trinajstić information content (AvgIpc) is 2.45. The second kappa shape index (κ2) is 7.49. The lowest BCUT2D eigenvalue weighted by Crippen LogP contribution is -2.27. The Morgan fingerprint density at radius 2 is 2.10 bits per heavy atom. The van der Waals surface area contributed by atoms with Crippen molar-refractivity contribution in [3.8, 4) is 0 Å². The molecular weight excluding hydrogens is 288 g/mol. The molecule has 0 radical (unpaired) electrons. The molecule has 0 aliphatic carbocycles. The van der Waals surface area contributed by atoms with Gasteiger partial charge in [0.05, 0.1) is 5.75 Å². The Bertz CT molecular complexity index is 658. The average molecular weight is 304 g/mol. The van der Waals surface area contributed by atoms with Crippen LogP contribution in [0.5, 0.6) is 0 Å². The number of hydrogen-bond donors (Lipinski definition) is 3. The summed E-state index contributed by atoms with van der Waals surface area (Å²) >= 11 is 1.14. The van der Waals surface area contributed by atoms with Crippen LogP contribution in [0.2, 0.25) is 0 Å². The van der Waals surface area contributed by atoms with E-state index in [-0.39, 0.29) is 23.0 Å². The van der Waals surface area contributed by atoms with Crippen LogP contribution < -0.4 is 16.6 Å². The quantitative estimate of drug-likeness (QED) is 0.541. The fourth-order valence-corrected chi connectivity index (χ4v) is 2.41. The third kappa shape index (κ3) is 5.31. The Labute approximate surface area is 126 Å². The van der Waals surface area contributed by atoms with E-state index in [4.69, 9.17) is 5.73 Å². The van der Waals surface area contributed by atoms with E-state index in [1.165, 1.54) is 11.6 Å². The predicted octanol–water partition coefficient (Wildman–Crippen LogP) is 0.803. The van der Waals surface area contributed by atoms with Gasteiger partial charge in [0.2, 0.25) is 5.91 Å². The molecule has 0 bridgehead atoms. The molecule has 0 fully saturated rings. The van der Waals surface area contributed by atoms with Crippen molar-refractivity contribution in [3.05, 3.63) is 52.3 Å². The number of benzene rings is 1. The minimum absolute atomic E-state index is 0.110. The van der Waals surface area contributed by atoms with Gasteiger partial charge >= 0.3 is 0 Å². The van der Waals surface area contributed by atoms with E-state index in [1.807, 2.05) is 30.3 Å². The fraction of sp³-hybridized carbons (Fsp3) is 0.214. The zero-order valence-corrected chi connectivity index (χ0v) is 12.2. The maximum absolute atomic E-state index is 11.7. The lowest BCUT2D eigenvalue weighted by molar-refractivity contribution is -0.118. The fourth-order valence-electron chi connectivity index (χ4n) is 1.70. The van der Waals surface area contributed by atoms with Crippen LogP contribution in [0.25, 0.3) is 0 Å². The molecule has 0 saturated heterocycles. The molecule has 1 amide bonds. The summed E-state index contributed by atoms with van der Waals surface area (Å²) in [6, 6.07) is 11.1. The number of rotatable bonds is 6. The van der Waals surface area contributed by atoms with Gasteiger partial charge in [-0.3, -0.25) is 9.59 Å².